The molecule has 1 unspecified atom stereocenters. The normalized spacial score (nSPS) is 16.3. The van der Waals surface area contributed by atoms with E-state index in [9.17, 15) is 0 Å². The number of pyridine rings is 1. The molecule has 5 nitrogen and oxygen atoms in total. The van der Waals surface area contributed by atoms with E-state index in [0.717, 1.165) is 37.1 Å². The third-order valence-electron chi connectivity index (χ3n) is 4.57. The molecule has 0 bridgehead atoms. The molecule has 0 saturated carbocycles. The Morgan fingerprint density at radius 3 is 2.80 bits per heavy atom. The van der Waals surface area contributed by atoms with Crippen LogP contribution in [0.1, 0.15) is 23.1 Å². The van der Waals surface area contributed by atoms with Crippen LogP contribution in [-0.4, -0.2) is 38.5 Å². The zero-order valence-corrected chi connectivity index (χ0v) is 15.0. The summed E-state index contributed by atoms with van der Waals surface area (Å²) in [5, 5.41) is 3.65. The number of rotatable bonds is 8. The fraction of sp³-hybridized carbons (Fsp3) is 0.450. The van der Waals surface area contributed by atoms with Gasteiger partial charge in [0.2, 0.25) is 5.88 Å². The monoisotopic (exact) mass is 342 g/mol. The van der Waals surface area contributed by atoms with E-state index < -0.39 is 0 Å². The summed E-state index contributed by atoms with van der Waals surface area (Å²) in [7, 11) is 3.38. The number of nitrogens with zero attached hydrogens (tertiary/aromatic N) is 1. The van der Waals surface area contributed by atoms with Crippen molar-refractivity contribution in [3.8, 4) is 11.6 Å². The number of aryl methyl sites for hydroxylation is 1. The van der Waals surface area contributed by atoms with Gasteiger partial charge >= 0.3 is 0 Å². The first-order valence-corrected chi connectivity index (χ1v) is 8.74. The summed E-state index contributed by atoms with van der Waals surface area (Å²) in [6.45, 7) is 1.90. The number of benzene rings is 1. The topological polar surface area (TPSA) is 52.6 Å². The first kappa shape index (κ1) is 17.7. The van der Waals surface area contributed by atoms with E-state index in [0.29, 0.717) is 25.1 Å². The van der Waals surface area contributed by atoms with Gasteiger partial charge in [-0.1, -0.05) is 12.1 Å². The molecule has 0 amide bonds. The molecule has 3 rings (SSSR count). The first-order chi connectivity index (χ1) is 12.3. The molecular weight excluding hydrogens is 316 g/mol. The van der Waals surface area contributed by atoms with Gasteiger partial charge in [-0.15, -0.1) is 0 Å². The summed E-state index contributed by atoms with van der Waals surface area (Å²) in [6, 6.07) is 10.9. The Morgan fingerprint density at radius 1 is 1.12 bits per heavy atom. The molecule has 25 heavy (non-hydrogen) atoms. The highest BCUT2D eigenvalue weighted by Crippen LogP contribution is 2.25. The number of hydrogen-bond donors (Lipinski definition) is 1. The molecule has 134 valence electrons. The highest BCUT2D eigenvalue weighted by Gasteiger charge is 2.18. The molecule has 1 aliphatic carbocycles. The molecule has 0 saturated heterocycles. The van der Waals surface area contributed by atoms with Crippen molar-refractivity contribution < 1.29 is 14.2 Å². The number of hydrogen-bond acceptors (Lipinski definition) is 5. The number of aromatic nitrogens is 1. The number of methoxy groups -OCH3 is 2. The van der Waals surface area contributed by atoms with E-state index >= 15 is 0 Å². The van der Waals surface area contributed by atoms with Crippen LogP contribution < -0.4 is 14.8 Å². The van der Waals surface area contributed by atoms with E-state index in [4.69, 9.17) is 14.2 Å². The van der Waals surface area contributed by atoms with Crippen molar-refractivity contribution in [2.75, 3.05) is 27.4 Å². The van der Waals surface area contributed by atoms with Crippen LogP contribution in [0.3, 0.4) is 0 Å². The Kier molecular flexibility index (Phi) is 6.25. The van der Waals surface area contributed by atoms with Gasteiger partial charge in [0.05, 0.1) is 13.7 Å². The molecule has 1 heterocycles. The highest BCUT2D eigenvalue weighted by atomic mass is 16.5. The molecule has 2 aromatic rings. The molecule has 1 aromatic carbocycles. The fourth-order valence-corrected chi connectivity index (χ4v) is 3.13. The lowest BCUT2D eigenvalue weighted by atomic mass is 9.88. The summed E-state index contributed by atoms with van der Waals surface area (Å²) < 4.78 is 15.8. The summed E-state index contributed by atoms with van der Waals surface area (Å²) in [5.74, 6) is 1.58. The smallest absolute Gasteiger partial charge is 0.213 e. The van der Waals surface area contributed by atoms with Crippen LogP contribution in [0.2, 0.25) is 0 Å². The van der Waals surface area contributed by atoms with Gasteiger partial charge in [-0.25, -0.2) is 4.98 Å². The quantitative estimate of drug-likeness (QED) is 0.748. The van der Waals surface area contributed by atoms with E-state index in [-0.39, 0.29) is 0 Å². The summed E-state index contributed by atoms with van der Waals surface area (Å²) in [4.78, 5) is 4.34. The molecule has 0 fully saturated rings. The van der Waals surface area contributed by atoms with Crippen LogP contribution in [0.5, 0.6) is 11.6 Å². The predicted molar refractivity (Wildman–Crippen MR) is 97.3 cm³/mol. The third kappa shape index (κ3) is 4.94. The molecule has 0 radical (unpaired) electrons. The Bertz CT molecular complexity index is 673. The van der Waals surface area contributed by atoms with Crippen molar-refractivity contribution >= 4 is 0 Å². The van der Waals surface area contributed by atoms with Crippen LogP contribution >= 0.6 is 0 Å². The van der Waals surface area contributed by atoms with Gasteiger partial charge < -0.3 is 19.5 Å². The fourth-order valence-electron chi connectivity index (χ4n) is 3.13. The van der Waals surface area contributed by atoms with E-state index in [1.807, 2.05) is 12.3 Å². The number of nitrogens with one attached hydrogen (secondary N) is 1. The second-order valence-corrected chi connectivity index (χ2v) is 6.30. The summed E-state index contributed by atoms with van der Waals surface area (Å²) >= 11 is 0. The average molecular weight is 342 g/mol. The van der Waals surface area contributed by atoms with Crippen molar-refractivity contribution in [1.82, 2.24) is 10.3 Å². The molecule has 5 heteroatoms. The van der Waals surface area contributed by atoms with Crippen LogP contribution in [0.4, 0.5) is 0 Å². The number of ether oxygens (including phenoxy) is 3. The molecule has 1 atom stereocenters. The molecule has 0 aliphatic heterocycles. The maximum atomic E-state index is 5.49. The second-order valence-electron chi connectivity index (χ2n) is 6.30. The van der Waals surface area contributed by atoms with Crippen molar-refractivity contribution in [2.24, 2.45) is 0 Å². The zero-order valence-electron chi connectivity index (χ0n) is 15.0. The third-order valence-corrected chi connectivity index (χ3v) is 4.57. The standard InChI is InChI=1S/C20H26N2O3/c1-23-9-10-25-20-8-3-15(14-22-20)13-21-18-6-4-16-5-7-19(24-2)12-17(16)11-18/h3,5,7-8,12,14,18,21H,4,6,9-11,13H2,1-2H3. The number of fused-ring (bicyclic) bond motifs is 1. The SMILES string of the molecule is COCCOc1ccc(CNC2CCc3ccc(OC)cc3C2)cn1. The van der Waals surface area contributed by atoms with E-state index in [1.54, 1.807) is 14.2 Å². The van der Waals surface area contributed by atoms with Gasteiger partial charge in [0, 0.05) is 32.0 Å². The van der Waals surface area contributed by atoms with Crippen LogP contribution in [0.15, 0.2) is 36.5 Å². The van der Waals surface area contributed by atoms with Gasteiger partial charge in [0.25, 0.3) is 0 Å². The van der Waals surface area contributed by atoms with Crippen LogP contribution in [-0.2, 0) is 24.1 Å². The minimum absolute atomic E-state index is 0.484. The van der Waals surface area contributed by atoms with Gasteiger partial charge in [-0.2, -0.15) is 0 Å². The second kappa shape index (κ2) is 8.83. The first-order valence-electron chi connectivity index (χ1n) is 8.74. The molecular formula is C20H26N2O3. The molecule has 1 aromatic heterocycles. The van der Waals surface area contributed by atoms with Gasteiger partial charge in [0.15, 0.2) is 0 Å². The van der Waals surface area contributed by atoms with Crippen LogP contribution in [0, 0.1) is 0 Å². The van der Waals surface area contributed by atoms with E-state index in [2.05, 4.69) is 34.6 Å². The predicted octanol–water partition coefficient (Wildman–Crippen LogP) is 2.76. The Labute approximate surface area is 149 Å². The van der Waals surface area contributed by atoms with Gasteiger partial charge in [0.1, 0.15) is 12.4 Å². The Hall–Kier alpha value is -2.11. The lowest BCUT2D eigenvalue weighted by Gasteiger charge is -2.26. The highest BCUT2D eigenvalue weighted by molar-refractivity contribution is 5.38. The molecule has 0 spiro atoms. The van der Waals surface area contributed by atoms with Crippen molar-refractivity contribution in [3.63, 3.8) is 0 Å². The molecule has 1 N–H and O–H groups in total. The van der Waals surface area contributed by atoms with Crippen LogP contribution in [0.25, 0.3) is 0 Å². The van der Waals surface area contributed by atoms with E-state index in [1.165, 1.54) is 11.1 Å². The average Bonchev–Trinajstić information content (AvgIpc) is 2.67. The maximum Gasteiger partial charge on any atom is 0.213 e. The Morgan fingerprint density at radius 2 is 2.04 bits per heavy atom. The molecule has 1 aliphatic rings. The largest absolute Gasteiger partial charge is 0.497 e. The van der Waals surface area contributed by atoms with Crippen molar-refractivity contribution in [3.05, 3.63) is 53.2 Å². The minimum Gasteiger partial charge on any atom is -0.497 e. The minimum atomic E-state index is 0.484. The maximum absolute atomic E-state index is 5.49. The summed E-state index contributed by atoms with van der Waals surface area (Å²) in [6.07, 6.45) is 5.18. The van der Waals surface area contributed by atoms with Gasteiger partial charge in [-0.05, 0) is 48.1 Å². The summed E-state index contributed by atoms with van der Waals surface area (Å²) in [5.41, 5.74) is 4.00. The van der Waals surface area contributed by atoms with Crippen molar-refractivity contribution in [1.29, 1.82) is 0 Å². The lowest BCUT2D eigenvalue weighted by molar-refractivity contribution is 0.143. The Balaban J connectivity index is 1.50. The van der Waals surface area contributed by atoms with Gasteiger partial charge in [-0.3, -0.25) is 0 Å². The zero-order chi connectivity index (χ0) is 17.5. The lowest BCUT2D eigenvalue weighted by Crippen LogP contribution is -2.34. The van der Waals surface area contributed by atoms with Crippen molar-refractivity contribution in [2.45, 2.75) is 31.8 Å².